The van der Waals surface area contributed by atoms with E-state index in [4.69, 9.17) is 21.6 Å². The number of aryl methyl sites for hydroxylation is 1. The van der Waals surface area contributed by atoms with Crippen molar-refractivity contribution in [3.05, 3.63) is 76.9 Å². The molecule has 29 heavy (non-hydrogen) atoms. The van der Waals surface area contributed by atoms with Gasteiger partial charge in [-0.3, -0.25) is 4.79 Å². The van der Waals surface area contributed by atoms with Crippen LogP contribution in [0.25, 0.3) is 0 Å². The van der Waals surface area contributed by atoms with E-state index >= 15 is 0 Å². The smallest absolute Gasteiger partial charge is 0.237 e. The zero-order valence-corrected chi connectivity index (χ0v) is 17.3. The minimum Gasteiger partial charge on any atom is -0.438 e. The Hall–Kier alpha value is -3.01. The Morgan fingerprint density at radius 3 is 2.76 bits per heavy atom. The summed E-state index contributed by atoms with van der Waals surface area (Å²) in [6.45, 7) is 1.88. The van der Waals surface area contributed by atoms with Gasteiger partial charge in [0.2, 0.25) is 11.8 Å². The van der Waals surface area contributed by atoms with Crippen LogP contribution in [0.2, 0.25) is 5.02 Å². The van der Waals surface area contributed by atoms with E-state index in [0.717, 1.165) is 16.1 Å². The summed E-state index contributed by atoms with van der Waals surface area (Å²) in [4.78, 5) is 17.4. The highest BCUT2D eigenvalue weighted by Crippen LogP contribution is 2.27. The minimum absolute atomic E-state index is 0.0558. The van der Waals surface area contributed by atoms with Gasteiger partial charge < -0.3 is 10.1 Å². The number of thioether (sulfide) groups is 1. The van der Waals surface area contributed by atoms with E-state index in [-0.39, 0.29) is 11.8 Å². The number of hydrogen-bond donors (Lipinski definition) is 1. The fraction of sp³-hybridized carbons (Fsp3) is 0.136. The van der Waals surface area contributed by atoms with Crippen LogP contribution in [0.5, 0.6) is 11.6 Å². The summed E-state index contributed by atoms with van der Waals surface area (Å²) in [5.41, 5.74) is 1.94. The Morgan fingerprint density at radius 1 is 1.24 bits per heavy atom. The molecule has 0 aliphatic carbocycles. The summed E-state index contributed by atoms with van der Waals surface area (Å²) in [7, 11) is 0. The van der Waals surface area contributed by atoms with Crippen molar-refractivity contribution in [2.75, 3.05) is 11.1 Å². The lowest BCUT2D eigenvalue weighted by Gasteiger charge is -2.11. The lowest BCUT2D eigenvalue weighted by Crippen LogP contribution is -2.13. The molecular weight excluding hydrogens is 406 g/mol. The lowest BCUT2D eigenvalue weighted by molar-refractivity contribution is -0.115. The SMILES string of the molecule is Cc1cc(Oc2ncccc2C#N)ccc1NC(=O)CCSc1ccc(Cl)cc1. The van der Waals surface area contributed by atoms with Crippen molar-refractivity contribution >= 4 is 35.0 Å². The molecule has 5 nitrogen and oxygen atoms in total. The molecule has 1 heterocycles. The van der Waals surface area contributed by atoms with Gasteiger partial charge in [0, 0.05) is 34.0 Å². The number of nitrogens with one attached hydrogen (secondary N) is 1. The maximum Gasteiger partial charge on any atom is 0.237 e. The van der Waals surface area contributed by atoms with Crippen LogP contribution in [0.4, 0.5) is 5.69 Å². The summed E-state index contributed by atoms with van der Waals surface area (Å²) >= 11 is 7.48. The number of nitriles is 1. The molecule has 0 saturated heterocycles. The highest BCUT2D eigenvalue weighted by molar-refractivity contribution is 7.99. The lowest BCUT2D eigenvalue weighted by atomic mass is 10.2. The molecule has 2 aromatic carbocycles. The summed E-state index contributed by atoms with van der Waals surface area (Å²) in [6, 6.07) is 18.2. The summed E-state index contributed by atoms with van der Waals surface area (Å²) in [5, 5.41) is 12.7. The van der Waals surface area contributed by atoms with Gasteiger partial charge in [-0.15, -0.1) is 11.8 Å². The van der Waals surface area contributed by atoms with Crippen LogP contribution in [0.3, 0.4) is 0 Å². The summed E-state index contributed by atoms with van der Waals surface area (Å²) < 4.78 is 5.70. The molecule has 0 unspecified atom stereocenters. The van der Waals surface area contributed by atoms with Gasteiger partial charge in [-0.1, -0.05) is 11.6 Å². The number of benzene rings is 2. The molecule has 0 bridgehead atoms. The first-order chi connectivity index (χ1) is 14.0. The molecule has 1 N–H and O–H groups in total. The Kier molecular flexibility index (Phi) is 7.12. The third-order valence-corrected chi connectivity index (χ3v) is 5.26. The topological polar surface area (TPSA) is 75.0 Å². The van der Waals surface area contributed by atoms with Gasteiger partial charge in [0.05, 0.1) is 0 Å². The zero-order chi connectivity index (χ0) is 20.6. The standard InChI is InChI=1S/C22H18ClN3O2S/c1-15-13-18(28-22-16(14-24)3-2-11-25-22)6-9-20(15)26-21(27)10-12-29-19-7-4-17(23)5-8-19/h2-9,11,13H,10,12H2,1H3,(H,26,27). The number of hydrogen-bond acceptors (Lipinski definition) is 5. The normalized spacial score (nSPS) is 10.2. The van der Waals surface area contributed by atoms with Crippen molar-refractivity contribution in [1.29, 1.82) is 5.26 Å². The molecule has 0 aliphatic rings. The highest BCUT2D eigenvalue weighted by atomic mass is 35.5. The van der Waals surface area contributed by atoms with Crippen molar-refractivity contribution in [3.8, 4) is 17.7 Å². The molecule has 0 atom stereocenters. The number of amides is 1. The Labute approximate surface area is 178 Å². The second kappa shape index (κ2) is 9.97. The van der Waals surface area contributed by atoms with Gasteiger partial charge in [-0.2, -0.15) is 5.26 Å². The number of nitrogens with zero attached hydrogens (tertiary/aromatic N) is 2. The van der Waals surface area contributed by atoms with Crippen molar-refractivity contribution in [2.24, 2.45) is 0 Å². The van der Waals surface area contributed by atoms with Gasteiger partial charge in [-0.05, 0) is 67.1 Å². The summed E-state index contributed by atoms with van der Waals surface area (Å²) in [6.07, 6.45) is 1.96. The van der Waals surface area contributed by atoms with Gasteiger partial charge in [-0.25, -0.2) is 4.98 Å². The fourth-order valence-corrected chi connectivity index (χ4v) is 3.49. The molecule has 0 aliphatic heterocycles. The minimum atomic E-state index is -0.0558. The van der Waals surface area contributed by atoms with Crippen LogP contribution in [-0.4, -0.2) is 16.6 Å². The first kappa shape index (κ1) is 20.7. The maximum absolute atomic E-state index is 12.2. The molecular formula is C22H18ClN3O2S. The van der Waals surface area contributed by atoms with Crippen LogP contribution in [0.1, 0.15) is 17.5 Å². The molecule has 0 fully saturated rings. The van der Waals surface area contributed by atoms with Gasteiger partial charge in [0.15, 0.2) is 0 Å². The van der Waals surface area contributed by atoms with Crippen LogP contribution in [-0.2, 0) is 4.79 Å². The molecule has 1 amide bonds. The van der Waals surface area contributed by atoms with E-state index in [9.17, 15) is 4.79 Å². The second-order valence-corrected chi connectivity index (χ2v) is 7.75. The number of carbonyl (C=O) groups is 1. The number of ether oxygens (including phenoxy) is 1. The zero-order valence-electron chi connectivity index (χ0n) is 15.7. The molecule has 3 aromatic rings. The van der Waals surface area contributed by atoms with E-state index < -0.39 is 0 Å². The molecule has 146 valence electrons. The molecule has 7 heteroatoms. The van der Waals surface area contributed by atoms with E-state index in [2.05, 4.69) is 10.3 Å². The molecule has 0 saturated carbocycles. The second-order valence-electron chi connectivity index (χ2n) is 6.15. The van der Waals surface area contributed by atoms with Crippen LogP contribution in [0, 0.1) is 18.3 Å². The highest BCUT2D eigenvalue weighted by Gasteiger charge is 2.09. The van der Waals surface area contributed by atoms with Crippen molar-refractivity contribution in [2.45, 2.75) is 18.2 Å². The van der Waals surface area contributed by atoms with Crippen LogP contribution in [0.15, 0.2) is 65.7 Å². The summed E-state index contributed by atoms with van der Waals surface area (Å²) in [5.74, 6) is 1.42. The van der Waals surface area contributed by atoms with E-state index in [0.29, 0.717) is 28.5 Å². The van der Waals surface area contributed by atoms with E-state index in [1.54, 1.807) is 48.3 Å². The third-order valence-electron chi connectivity index (χ3n) is 3.99. The fourth-order valence-electron chi connectivity index (χ4n) is 2.51. The number of anilines is 1. The Balaban J connectivity index is 1.55. The largest absolute Gasteiger partial charge is 0.438 e. The van der Waals surface area contributed by atoms with Crippen LogP contribution >= 0.6 is 23.4 Å². The van der Waals surface area contributed by atoms with Gasteiger partial charge in [0.1, 0.15) is 17.4 Å². The van der Waals surface area contributed by atoms with E-state index in [1.165, 1.54) is 0 Å². The molecule has 1 aromatic heterocycles. The van der Waals surface area contributed by atoms with Gasteiger partial charge >= 0.3 is 0 Å². The monoisotopic (exact) mass is 423 g/mol. The van der Waals surface area contributed by atoms with Crippen LogP contribution < -0.4 is 10.1 Å². The molecule has 0 radical (unpaired) electrons. The first-order valence-electron chi connectivity index (χ1n) is 8.87. The molecule has 0 spiro atoms. The average Bonchev–Trinajstić information content (AvgIpc) is 2.72. The number of halogens is 1. The Morgan fingerprint density at radius 2 is 2.03 bits per heavy atom. The first-order valence-corrected chi connectivity index (χ1v) is 10.2. The predicted octanol–water partition coefficient (Wildman–Crippen LogP) is 5.83. The number of aromatic nitrogens is 1. The molecule has 3 rings (SSSR count). The van der Waals surface area contributed by atoms with Crippen molar-refractivity contribution in [3.63, 3.8) is 0 Å². The number of rotatable bonds is 7. The van der Waals surface area contributed by atoms with Crippen molar-refractivity contribution in [1.82, 2.24) is 4.98 Å². The number of pyridine rings is 1. The number of carbonyl (C=O) groups excluding carboxylic acids is 1. The third kappa shape index (κ3) is 5.98. The van der Waals surface area contributed by atoms with Crippen molar-refractivity contribution < 1.29 is 9.53 Å². The van der Waals surface area contributed by atoms with Gasteiger partial charge in [0.25, 0.3) is 0 Å². The Bertz CT molecular complexity index is 1050. The maximum atomic E-state index is 12.2. The quantitative estimate of drug-likeness (QED) is 0.484. The van der Waals surface area contributed by atoms with E-state index in [1.807, 2.05) is 37.3 Å². The average molecular weight is 424 g/mol. The predicted molar refractivity (Wildman–Crippen MR) is 116 cm³/mol.